The molecule has 3 nitrogen and oxygen atoms in total. The number of hydrogen-bond donors (Lipinski definition) is 2. The maximum absolute atomic E-state index is 5.62. The van der Waals surface area contributed by atoms with Gasteiger partial charge in [0.05, 0.1) is 6.61 Å². The van der Waals surface area contributed by atoms with Crippen LogP contribution in [0, 0.1) is 0 Å². The monoisotopic (exact) mass is 194 g/mol. The van der Waals surface area contributed by atoms with Crippen molar-refractivity contribution in [3.05, 3.63) is 29.8 Å². The third-order valence-electron chi connectivity index (χ3n) is 2.21. The second kappa shape index (κ2) is 5.62. The van der Waals surface area contributed by atoms with Gasteiger partial charge in [0.15, 0.2) is 0 Å². The van der Waals surface area contributed by atoms with Gasteiger partial charge in [0.25, 0.3) is 0 Å². The molecule has 0 bridgehead atoms. The Morgan fingerprint density at radius 2 is 2.00 bits per heavy atom. The molecule has 0 amide bonds. The second-order valence-electron chi connectivity index (χ2n) is 3.17. The number of rotatable bonds is 5. The van der Waals surface area contributed by atoms with Crippen molar-refractivity contribution in [1.82, 2.24) is 0 Å². The summed E-state index contributed by atoms with van der Waals surface area (Å²) in [6.07, 6.45) is 0. The van der Waals surface area contributed by atoms with Gasteiger partial charge in [0, 0.05) is 19.0 Å². The lowest BCUT2D eigenvalue weighted by Crippen LogP contribution is -2.21. The summed E-state index contributed by atoms with van der Waals surface area (Å²) in [5.41, 5.74) is 12.4. The maximum atomic E-state index is 5.62. The molecular weight excluding hydrogens is 176 g/mol. The van der Waals surface area contributed by atoms with Crippen LogP contribution in [0.1, 0.15) is 18.4 Å². The van der Waals surface area contributed by atoms with Crippen molar-refractivity contribution < 1.29 is 4.74 Å². The number of nitrogens with two attached hydrogens (primary N) is 2. The molecule has 1 aromatic carbocycles. The van der Waals surface area contributed by atoms with Crippen LogP contribution in [0.2, 0.25) is 0 Å². The molecule has 0 radical (unpaired) electrons. The molecule has 0 spiro atoms. The number of ether oxygens (including phenoxy) is 1. The van der Waals surface area contributed by atoms with Crippen LogP contribution in [-0.4, -0.2) is 19.7 Å². The maximum Gasteiger partial charge on any atom is 0.119 e. The fourth-order valence-corrected chi connectivity index (χ4v) is 1.39. The lowest BCUT2D eigenvalue weighted by atomic mass is 9.99. The molecule has 0 unspecified atom stereocenters. The molecule has 1 rings (SSSR count). The third-order valence-corrected chi connectivity index (χ3v) is 2.21. The van der Waals surface area contributed by atoms with Gasteiger partial charge in [0.1, 0.15) is 5.75 Å². The van der Waals surface area contributed by atoms with Gasteiger partial charge in [-0.2, -0.15) is 0 Å². The Labute approximate surface area is 85.0 Å². The molecule has 0 aliphatic rings. The highest BCUT2D eigenvalue weighted by Crippen LogP contribution is 2.19. The number of hydrogen-bond acceptors (Lipinski definition) is 3. The van der Waals surface area contributed by atoms with E-state index in [-0.39, 0.29) is 5.92 Å². The van der Waals surface area contributed by atoms with E-state index in [1.807, 2.05) is 31.2 Å². The van der Waals surface area contributed by atoms with E-state index < -0.39 is 0 Å². The third kappa shape index (κ3) is 2.72. The lowest BCUT2D eigenvalue weighted by molar-refractivity contribution is 0.339. The molecule has 1 aromatic rings. The average Bonchev–Trinajstić information content (AvgIpc) is 2.21. The summed E-state index contributed by atoms with van der Waals surface area (Å²) in [7, 11) is 0. The van der Waals surface area contributed by atoms with Gasteiger partial charge >= 0.3 is 0 Å². The van der Waals surface area contributed by atoms with Gasteiger partial charge in [-0.15, -0.1) is 0 Å². The Bertz CT molecular complexity index is 272. The van der Waals surface area contributed by atoms with E-state index in [1.165, 1.54) is 0 Å². The van der Waals surface area contributed by atoms with Crippen LogP contribution >= 0.6 is 0 Å². The molecule has 3 heteroatoms. The first kappa shape index (κ1) is 11.0. The van der Waals surface area contributed by atoms with Gasteiger partial charge in [-0.3, -0.25) is 0 Å². The van der Waals surface area contributed by atoms with Crippen LogP contribution < -0.4 is 16.2 Å². The predicted octanol–water partition coefficient (Wildman–Crippen LogP) is 1.09. The molecule has 0 heterocycles. The quantitative estimate of drug-likeness (QED) is 0.737. The summed E-state index contributed by atoms with van der Waals surface area (Å²) in [6.45, 7) is 3.80. The summed E-state index contributed by atoms with van der Waals surface area (Å²) in [6, 6.07) is 7.95. The van der Waals surface area contributed by atoms with E-state index in [2.05, 4.69) is 0 Å². The highest BCUT2D eigenvalue weighted by atomic mass is 16.5. The second-order valence-corrected chi connectivity index (χ2v) is 3.17. The summed E-state index contributed by atoms with van der Waals surface area (Å²) < 4.78 is 5.40. The fourth-order valence-electron chi connectivity index (χ4n) is 1.39. The molecule has 0 atom stereocenters. The van der Waals surface area contributed by atoms with E-state index in [9.17, 15) is 0 Å². The normalized spacial score (nSPS) is 10.6. The molecule has 78 valence electrons. The molecule has 0 aliphatic heterocycles. The van der Waals surface area contributed by atoms with Crippen LogP contribution in [0.15, 0.2) is 24.3 Å². The number of benzene rings is 1. The zero-order valence-corrected chi connectivity index (χ0v) is 8.57. The summed E-state index contributed by atoms with van der Waals surface area (Å²) in [5, 5.41) is 0. The van der Waals surface area contributed by atoms with Crippen LogP contribution in [0.3, 0.4) is 0 Å². The zero-order chi connectivity index (χ0) is 10.4. The van der Waals surface area contributed by atoms with Crippen molar-refractivity contribution in [2.75, 3.05) is 19.7 Å². The van der Waals surface area contributed by atoms with Crippen molar-refractivity contribution in [1.29, 1.82) is 0 Å². The molecule has 14 heavy (non-hydrogen) atoms. The smallest absolute Gasteiger partial charge is 0.119 e. The Morgan fingerprint density at radius 3 is 2.57 bits per heavy atom. The SMILES string of the molecule is CCOc1cccc(C(CN)CN)c1. The molecule has 4 N–H and O–H groups in total. The first-order chi connectivity index (χ1) is 6.81. The van der Waals surface area contributed by atoms with Crippen molar-refractivity contribution in [2.24, 2.45) is 11.5 Å². The van der Waals surface area contributed by atoms with Gasteiger partial charge in [0.2, 0.25) is 0 Å². The van der Waals surface area contributed by atoms with E-state index in [4.69, 9.17) is 16.2 Å². The lowest BCUT2D eigenvalue weighted by Gasteiger charge is -2.13. The van der Waals surface area contributed by atoms with E-state index in [1.54, 1.807) is 0 Å². The van der Waals surface area contributed by atoms with E-state index >= 15 is 0 Å². The first-order valence-electron chi connectivity index (χ1n) is 4.94. The highest BCUT2D eigenvalue weighted by Gasteiger charge is 2.07. The first-order valence-corrected chi connectivity index (χ1v) is 4.94. The highest BCUT2D eigenvalue weighted by molar-refractivity contribution is 5.31. The minimum Gasteiger partial charge on any atom is -0.494 e. The van der Waals surface area contributed by atoms with E-state index in [0.29, 0.717) is 19.7 Å². The Morgan fingerprint density at radius 1 is 1.29 bits per heavy atom. The van der Waals surface area contributed by atoms with Gasteiger partial charge in [-0.25, -0.2) is 0 Å². The van der Waals surface area contributed by atoms with Crippen LogP contribution in [0.4, 0.5) is 0 Å². The standard InChI is InChI=1S/C11H18N2O/c1-2-14-11-5-3-4-9(6-11)10(7-12)8-13/h3-6,10H,2,7-8,12-13H2,1H3. The summed E-state index contributed by atoms with van der Waals surface area (Å²) >= 11 is 0. The molecule has 0 aliphatic carbocycles. The Hall–Kier alpha value is -1.06. The van der Waals surface area contributed by atoms with E-state index in [0.717, 1.165) is 11.3 Å². The molecule has 0 aromatic heterocycles. The van der Waals surface area contributed by atoms with Crippen molar-refractivity contribution in [2.45, 2.75) is 12.8 Å². The molecular formula is C11H18N2O. The van der Waals surface area contributed by atoms with Crippen molar-refractivity contribution in [3.8, 4) is 5.75 Å². The molecule has 0 saturated carbocycles. The van der Waals surface area contributed by atoms with Crippen molar-refractivity contribution in [3.63, 3.8) is 0 Å². The van der Waals surface area contributed by atoms with Crippen LogP contribution in [0.5, 0.6) is 5.75 Å². The Balaban J connectivity index is 2.81. The largest absolute Gasteiger partial charge is 0.494 e. The summed E-state index contributed by atoms with van der Waals surface area (Å²) in [4.78, 5) is 0. The molecule has 0 fully saturated rings. The topological polar surface area (TPSA) is 61.3 Å². The fraction of sp³-hybridized carbons (Fsp3) is 0.455. The Kier molecular flexibility index (Phi) is 4.43. The molecule has 0 saturated heterocycles. The minimum atomic E-state index is 0.232. The van der Waals surface area contributed by atoms with Gasteiger partial charge in [-0.1, -0.05) is 12.1 Å². The summed E-state index contributed by atoms with van der Waals surface area (Å²) in [5.74, 6) is 1.12. The van der Waals surface area contributed by atoms with Crippen LogP contribution in [0.25, 0.3) is 0 Å². The van der Waals surface area contributed by atoms with Gasteiger partial charge in [-0.05, 0) is 24.6 Å². The van der Waals surface area contributed by atoms with Crippen LogP contribution in [-0.2, 0) is 0 Å². The van der Waals surface area contributed by atoms with Crippen molar-refractivity contribution >= 4 is 0 Å². The zero-order valence-electron chi connectivity index (χ0n) is 8.57. The minimum absolute atomic E-state index is 0.232. The average molecular weight is 194 g/mol. The predicted molar refractivity (Wildman–Crippen MR) is 58.5 cm³/mol. The van der Waals surface area contributed by atoms with Gasteiger partial charge < -0.3 is 16.2 Å².